The number of rotatable bonds is 7. The predicted molar refractivity (Wildman–Crippen MR) is 67.4 cm³/mol. The Morgan fingerprint density at radius 1 is 1.17 bits per heavy atom. The third kappa shape index (κ3) is 3.51. The van der Waals surface area contributed by atoms with Crippen molar-refractivity contribution in [2.75, 3.05) is 13.2 Å². The summed E-state index contributed by atoms with van der Waals surface area (Å²) in [7, 11) is 0. The Morgan fingerprint density at radius 2 is 1.61 bits per heavy atom. The Balaban J connectivity index is 3.07. The largest absolute Gasteiger partial charge is 0.491 e. The Morgan fingerprint density at radius 3 is 1.94 bits per heavy atom. The predicted octanol–water partition coefficient (Wildman–Crippen LogP) is 3.09. The molecule has 6 heteroatoms. The fourth-order valence-electron chi connectivity index (χ4n) is 1.33. The molecule has 0 atom stereocenters. The Bertz CT molecular complexity index is 392. The molecule has 0 aliphatic heterocycles. The highest BCUT2D eigenvalue weighted by atomic mass is 16.6. The summed E-state index contributed by atoms with van der Waals surface area (Å²) in [6.07, 6.45) is 1.54. The number of non-ortho nitro benzene ring substituents is 1. The van der Waals surface area contributed by atoms with E-state index in [2.05, 4.69) is 0 Å². The van der Waals surface area contributed by atoms with Crippen molar-refractivity contribution in [3.8, 4) is 11.5 Å². The van der Waals surface area contributed by atoms with Gasteiger partial charge in [-0.15, -0.1) is 0 Å². The second kappa shape index (κ2) is 6.68. The molecule has 6 nitrogen and oxygen atoms in total. The quantitative estimate of drug-likeness (QED) is 0.552. The number of nitro benzene ring substituents is 1. The molecule has 99 valence electrons. The number of benzene rings is 1. The van der Waals surface area contributed by atoms with Gasteiger partial charge in [0.05, 0.1) is 30.3 Å². The molecule has 0 heterocycles. The van der Waals surface area contributed by atoms with Crippen LogP contribution in [0, 0.1) is 10.1 Å². The molecule has 0 saturated heterocycles. The molecule has 18 heavy (non-hydrogen) atoms. The summed E-state index contributed by atoms with van der Waals surface area (Å²) in [6.45, 7) is 4.69. The first kappa shape index (κ1) is 14.1. The summed E-state index contributed by atoms with van der Waals surface area (Å²) in [5, 5.41) is 10.8. The summed E-state index contributed by atoms with van der Waals surface area (Å²) >= 11 is 0. The molecule has 0 saturated carbocycles. The van der Waals surface area contributed by atoms with Gasteiger partial charge in [-0.2, -0.15) is 0 Å². The van der Waals surface area contributed by atoms with E-state index in [1.807, 2.05) is 13.8 Å². The minimum Gasteiger partial charge on any atom is -0.491 e. The van der Waals surface area contributed by atoms with Crippen LogP contribution in [0.2, 0.25) is 0 Å². The van der Waals surface area contributed by atoms with E-state index in [1.54, 1.807) is 0 Å². The van der Waals surface area contributed by atoms with Crippen LogP contribution in [0.4, 0.5) is 11.4 Å². The summed E-state index contributed by atoms with van der Waals surface area (Å²) < 4.78 is 10.7. The van der Waals surface area contributed by atoms with Crippen molar-refractivity contribution in [2.45, 2.75) is 26.7 Å². The molecule has 0 unspecified atom stereocenters. The average Bonchev–Trinajstić information content (AvgIpc) is 2.35. The van der Waals surface area contributed by atoms with Crippen molar-refractivity contribution in [1.82, 2.24) is 5.73 Å². The summed E-state index contributed by atoms with van der Waals surface area (Å²) in [5.41, 5.74) is 7.80. The lowest BCUT2D eigenvalue weighted by atomic mass is 10.2. The topological polar surface area (TPSA) is 85.4 Å². The number of hydrogen-bond acceptors (Lipinski definition) is 4. The van der Waals surface area contributed by atoms with Crippen LogP contribution < -0.4 is 15.2 Å². The molecule has 1 rings (SSSR count). The van der Waals surface area contributed by atoms with Gasteiger partial charge >= 0.3 is 0 Å². The average molecular weight is 253 g/mol. The lowest BCUT2D eigenvalue weighted by Crippen LogP contribution is -2.01. The molecule has 0 amide bonds. The molecule has 1 aromatic carbocycles. The zero-order valence-corrected chi connectivity index (χ0v) is 10.6. The van der Waals surface area contributed by atoms with Gasteiger partial charge < -0.3 is 9.47 Å². The van der Waals surface area contributed by atoms with Gasteiger partial charge in [0, 0.05) is 0 Å². The summed E-state index contributed by atoms with van der Waals surface area (Å²) in [4.78, 5) is 10.3. The van der Waals surface area contributed by atoms with Crippen molar-refractivity contribution < 1.29 is 14.4 Å². The van der Waals surface area contributed by atoms with Gasteiger partial charge in [0.15, 0.2) is 11.5 Å². The first-order valence-corrected chi connectivity index (χ1v) is 5.89. The van der Waals surface area contributed by atoms with Gasteiger partial charge in [0.2, 0.25) is 0 Å². The lowest BCUT2D eigenvalue weighted by molar-refractivity contribution is -0.385. The lowest BCUT2D eigenvalue weighted by Gasteiger charge is -2.12. The van der Waals surface area contributed by atoms with Crippen LogP contribution >= 0.6 is 0 Å². The number of nitrogens with zero attached hydrogens (tertiary/aromatic N) is 1. The van der Waals surface area contributed by atoms with Crippen LogP contribution in [-0.2, 0) is 0 Å². The van der Waals surface area contributed by atoms with Crippen LogP contribution in [0.25, 0.3) is 0 Å². The molecule has 1 aromatic rings. The van der Waals surface area contributed by atoms with Crippen LogP contribution in [-0.4, -0.2) is 18.1 Å². The summed E-state index contributed by atoms with van der Waals surface area (Å²) in [5.74, 6) is 0.384. The zero-order valence-electron chi connectivity index (χ0n) is 10.6. The van der Waals surface area contributed by atoms with Gasteiger partial charge in [-0.1, -0.05) is 13.8 Å². The molecule has 0 bridgehead atoms. The van der Waals surface area contributed by atoms with Crippen molar-refractivity contribution in [2.24, 2.45) is 0 Å². The van der Waals surface area contributed by atoms with E-state index >= 15 is 0 Å². The van der Waals surface area contributed by atoms with Crippen LogP contribution in [0.1, 0.15) is 26.7 Å². The SMILES string of the molecule is CCCOc1cc([N+](=O)[O-])cc(OCCC)c1[NH]. The smallest absolute Gasteiger partial charge is 0.277 e. The van der Waals surface area contributed by atoms with Crippen molar-refractivity contribution in [3.63, 3.8) is 0 Å². The molecule has 1 radical (unpaired) electrons. The summed E-state index contributed by atoms with van der Waals surface area (Å²) in [6, 6.07) is 2.52. The van der Waals surface area contributed by atoms with Crippen LogP contribution in [0.5, 0.6) is 11.5 Å². The maximum Gasteiger partial charge on any atom is 0.277 e. The van der Waals surface area contributed by atoms with E-state index in [0.29, 0.717) is 13.2 Å². The van der Waals surface area contributed by atoms with Crippen molar-refractivity contribution >= 4 is 11.4 Å². The highest BCUT2D eigenvalue weighted by Gasteiger charge is 2.17. The van der Waals surface area contributed by atoms with E-state index in [0.717, 1.165) is 12.8 Å². The van der Waals surface area contributed by atoms with Crippen LogP contribution in [0.15, 0.2) is 12.1 Å². The Kier molecular flexibility index (Phi) is 5.23. The molecular formula is C12H17N2O4. The molecular weight excluding hydrogens is 236 g/mol. The Hall–Kier alpha value is -1.98. The van der Waals surface area contributed by atoms with Gasteiger partial charge in [0.25, 0.3) is 5.69 Å². The number of nitrogens with one attached hydrogen (secondary N) is 1. The second-order valence-corrected chi connectivity index (χ2v) is 3.77. The zero-order chi connectivity index (χ0) is 13.5. The fourth-order valence-corrected chi connectivity index (χ4v) is 1.33. The van der Waals surface area contributed by atoms with E-state index in [4.69, 9.17) is 15.2 Å². The normalized spacial score (nSPS) is 10.1. The number of hydrogen-bond donors (Lipinski definition) is 0. The van der Waals surface area contributed by atoms with Gasteiger partial charge in [-0.25, -0.2) is 0 Å². The standard InChI is InChI=1S/C12H17N2O4/c1-3-5-17-10-7-9(14(15)16)8-11(12(10)13)18-6-4-2/h7-8,13H,3-6H2,1-2H3. The van der Waals surface area contributed by atoms with Gasteiger partial charge in [0.1, 0.15) is 5.69 Å². The van der Waals surface area contributed by atoms with E-state index in [1.165, 1.54) is 12.1 Å². The minimum absolute atomic E-state index is 0.0579. The third-order valence-electron chi connectivity index (χ3n) is 2.18. The van der Waals surface area contributed by atoms with Gasteiger partial charge in [-0.05, 0) is 12.8 Å². The maximum atomic E-state index is 10.8. The highest BCUT2D eigenvalue weighted by Crippen LogP contribution is 2.37. The highest BCUT2D eigenvalue weighted by molar-refractivity contribution is 5.65. The van der Waals surface area contributed by atoms with E-state index in [-0.39, 0.29) is 22.9 Å². The molecule has 1 N–H and O–H groups in total. The first-order chi connectivity index (χ1) is 8.60. The minimum atomic E-state index is -0.517. The van der Waals surface area contributed by atoms with E-state index < -0.39 is 4.92 Å². The van der Waals surface area contributed by atoms with Crippen LogP contribution in [0.3, 0.4) is 0 Å². The number of nitro groups is 1. The molecule has 0 aliphatic carbocycles. The van der Waals surface area contributed by atoms with Crippen molar-refractivity contribution in [1.29, 1.82) is 0 Å². The second-order valence-electron chi connectivity index (χ2n) is 3.77. The monoisotopic (exact) mass is 253 g/mol. The number of ether oxygens (including phenoxy) is 2. The third-order valence-corrected chi connectivity index (χ3v) is 2.18. The molecule has 0 aliphatic rings. The van der Waals surface area contributed by atoms with E-state index in [9.17, 15) is 10.1 Å². The van der Waals surface area contributed by atoms with Crippen molar-refractivity contribution in [3.05, 3.63) is 22.2 Å². The molecule has 0 aromatic heterocycles. The fraction of sp³-hybridized carbons (Fsp3) is 0.500. The maximum absolute atomic E-state index is 10.8. The Labute approximate surface area is 106 Å². The van der Waals surface area contributed by atoms with Gasteiger partial charge in [-0.3, -0.25) is 15.8 Å². The molecule has 0 fully saturated rings. The molecule has 0 spiro atoms. The first-order valence-electron chi connectivity index (χ1n) is 5.89.